The van der Waals surface area contributed by atoms with E-state index in [2.05, 4.69) is 247 Å². The fraction of sp³-hybridized carbons (Fsp3) is 0.440. The Hall–Kier alpha value is -5.58. The molecule has 4 heteroatoms. The number of benzene rings is 6. The van der Waals surface area contributed by atoms with Gasteiger partial charge in [0, 0.05) is 43.1 Å². The zero-order valence-electron chi connectivity index (χ0n) is 50.9. The van der Waals surface area contributed by atoms with E-state index in [-0.39, 0.29) is 44.6 Å². The summed E-state index contributed by atoms with van der Waals surface area (Å²) in [5, 5.41) is 1.41. The molecule has 0 bridgehead atoms. The van der Waals surface area contributed by atoms with E-state index in [1.54, 1.807) is 5.56 Å². The lowest BCUT2D eigenvalue weighted by Gasteiger charge is -2.47. The largest absolute Gasteiger partial charge is 0.311 e. The molecule has 0 radical (unpaired) electrons. The minimum atomic E-state index is -0.157. The number of aryl methyl sites for hydroxylation is 1. The molecule has 1 aromatic heterocycles. The Morgan fingerprint density at radius 2 is 1.06 bits per heavy atom. The summed E-state index contributed by atoms with van der Waals surface area (Å²) in [4.78, 5) is 5.67. The zero-order chi connectivity index (χ0) is 55.7. The lowest BCUT2D eigenvalue weighted by Crippen LogP contribution is -2.60. The summed E-state index contributed by atoms with van der Waals surface area (Å²) in [5.74, 6) is 0. The van der Waals surface area contributed by atoms with Gasteiger partial charge in [-0.2, -0.15) is 0 Å². The van der Waals surface area contributed by atoms with Crippen LogP contribution in [-0.4, -0.2) is 6.71 Å². The summed E-state index contributed by atoms with van der Waals surface area (Å²) < 4.78 is 2.87. The van der Waals surface area contributed by atoms with Gasteiger partial charge in [-0.3, -0.25) is 0 Å². The van der Waals surface area contributed by atoms with Crippen LogP contribution in [0.1, 0.15) is 218 Å². The molecule has 0 amide bonds. The van der Waals surface area contributed by atoms with Gasteiger partial charge in [0.2, 0.25) is 0 Å². The molecule has 0 atom stereocenters. The van der Waals surface area contributed by atoms with Crippen LogP contribution >= 0.6 is 11.3 Å². The molecule has 0 N–H and O–H groups in total. The first-order valence-corrected chi connectivity index (χ1v) is 31.3. The third-order valence-electron chi connectivity index (χ3n) is 21.0. The van der Waals surface area contributed by atoms with Gasteiger partial charge in [0.1, 0.15) is 0 Å². The molecular weight excluding hydrogens is 972 g/mol. The second-order valence-electron chi connectivity index (χ2n) is 30.4. The average Bonchev–Trinajstić information content (AvgIpc) is 3.02. The number of rotatable bonds is 5. The minimum absolute atomic E-state index is 0.00933. The van der Waals surface area contributed by atoms with Crippen molar-refractivity contribution in [3.8, 4) is 11.1 Å². The molecule has 79 heavy (non-hydrogen) atoms. The van der Waals surface area contributed by atoms with Crippen molar-refractivity contribution in [1.29, 1.82) is 0 Å². The number of hydrogen-bond acceptors (Lipinski definition) is 3. The highest BCUT2D eigenvalue weighted by Crippen LogP contribution is 2.58. The van der Waals surface area contributed by atoms with Crippen LogP contribution in [0.3, 0.4) is 0 Å². The SMILES string of the molecule is Cc1cc2sc3c(c2cc1C1(C)CCCC1)N(c1cc2c(cc1-c1ccccc1)C(C)(C)CCC2(C)C)c1cc(C(C)(C)C)cc2c1B3c1ccc(C(C)(C)C)cc1N2c1cc2c(cc1C1=CC=CCC1)C(C)(C)CCC2(C)C. The van der Waals surface area contributed by atoms with Crippen LogP contribution in [0, 0.1) is 6.92 Å². The molecule has 2 nitrogen and oxygen atoms in total. The van der Waals surface area contributed by atoms with E-state index in [9.17, 15) is 0 Å². The van der Waals surface area contributed by atoms with Crippen LogP contribution in [0.15, 0.2) is 115 Å². The van der Waals surface area contributed by atoms with Crippen LogP contribution < -0.4 is 25.5 Å². The van der Waals surface area contributed by atoms with Gasteiger partial charge in [-0.25, -0.2) is 0 Å². The van der Waals surface area contributed by atoms with Gasteiger partial charge < -0.3 is 9.80 Å². The van der Waals surface area contributed by atoms with Gasteiger partial charge in [-0.15, -0.1) is 11.3 Å². The van der Waals surface area contributed by atoms with E-state index >= 15 is 0 Å². The Morgan fingerprint density at radius 3 is 1.63 bits per heavy atom. The third-order valence-corrected chi connectivity index (χ3v) is 22.2. The number of fused-ring (bicyclic) bond motifs is 8. The normalized spacial score (nSPS) is 20.1. The number of nitrogens with zero attached hydrogens (tertiary/aromatic N) is 2. The third kappa shape index (κ3) is 8.27. The zero-order valence-corrected chi connectivity index (χ0v) is 51.7. The average molecular weight is 1060 g/mol. The van der Waals surface area contributed by atoms with Gasteiger partial charge in [-0.05, 0) is 217 Å². The predicted octanol–water partition coefficient (Wildman–Crippen LogP) is 19.8. The predicted molar refractivity (Wildman–Crippen MR) is 346 cm³/mol. The van der Waals surface area contributed by atoms with Crippen molar-refractivity contribution in [3.63, 3.8) is 0 Å². The molecule has 3 heterocycles. The quantitative estimate of drug-likeness (QED) is 0.159. The molecule has 1 fully saturated rings. The minimum Gasteiger partial charge on any atom is -0.311 e. The number of anilines is 6. The van der Waals surface area contributed by atoms with Crippen molar-refractivity contribution in [2.24, 2.45) is 0 Å². The van der Waals surface area contributed by atoms with Crippen LogP contribution in [0.25, 0.3) is 26.8 Å². The fourth-order valence-electron chi connectivity index (χ4n) is 15.6. The lowest BCUT2D eigenvalue weighted by molar-refractivity contribution is 0.332. The molecule has 0 spiro atoms. The number of allylic oxidation sites excluding steroid dienone is 4. The van der Waals surface area contributed by atoms with Crippen molar-refractivity contribution < 1.29 is 0 Å². The highest BCUT2D eigenvalue weighted by molar-refractivity contribution is 7.33. The highest BCUT2D eigenvalue weighted by atomic mass is 32.1. The molecule has 0 saturated heterocycles. The maximum atomic E-state index is 2.86. The topological polar surface area (TPSA) is 6.48 Å². The molecule has 1 saturated carbocycles. The first kappa shape index (κ1) is 52.8. The Kier molecular flexibility index (Phi) is 11.8. The summed E-state index contributed by atoms with van der Waals surface area (Å²) in [6, 6.07) is 40.5. The van der Waals surface area contributed by atoms with Crippen molar-refractivity contribution in [3.05, 3.63) is 165 Å². The monoisotopic (exact) mass is 1060 g/mol. The van der Waals surface area contributed by atoms with Gasteiger partial charge in [0.15, 0.2) is 0 Å². The Labute approximate surface area is 479 Å². The number of thiophene rings is 1. The van der Waals surface area contributed by atoms with Crippen molar-refractivity contribution in [2.75, 3.05) is 9.80 Å². The number of hydrogen-bond donors (Lipinski definition) is 0. The lowest BCUT2D eigenvalue weighted by atomic mass is 9.36. The standard InChI is InChI=1S/C75H87BN2S/c1-46-37-65-53(43-54(46)75(16)31-23-24-32-75)67-68(79-65)76-59-30-29-49(69(2,3)4)38-62(59)77(60-44-57-55(71(8,9)33-35-73(57,12)13)41-51(60)47-25-19-17-20-26-47)63-39-50(70(5,6)7)40-64(66(63)76)78(67)61-45-58-56(72(10,11)34-36-74(58,14)15)42-52(61)48-27-21-18-22-28-48/h17-19,21-22,25,27-30,37-45H,20,23-24,26,31-36H2,1-16H3. The highest BCUT2D eigenvalue weighted by Gasteiger charge is 2.49. The molecule has 4 aliphatic carbocycles. The fourth-order valence-corrected chi connectivity index (χ4v) is 17.0. The molecule has 0 unspecified atom stereocenters. The van der Waals surface area contributed by atoms with E-state index in [1.165, 1.54) is 166 Å². The molecule has 406 valence electrons. The van der Waals surface area contributed by atoms with Crippen molar-refractivity contribution in [1.82, 2.24) is 0 Å². The molecule has 6 aromatic carbocycles. The summed E-state index contributed by atoms with van der Waals surface area (Å²) in [6.45, 7) is 39.6. The van der Waals surface area contributed by atoms with E-state index in [1.807, 2.05) is 0 Å². The van der Waals surface area contributed by atoms with Crippen molar-refractivity contribution >= 4 is 83.5 Å². The Bertz CT molecular complexity index is 3740. The first-order chi connectivity index (χ1) is 37.2. The van der Waals surface area contributed by atoms with E-state index in [0.29, 0.717) is 0 Å². The van der Waals surface area contributed by atoms with Crippen LogP contribution in [0.4, 0.5) is 34.1 Å². The van der Waals surface area contributed by atoms with Gasteiger partial charge in [0.05, 0.1) is 17.1 Å². The van der Waals surface area contributed by atoms with Gasteiger partial charge in [-0.1, -0.05) is 177 Å². The maximum Gasteiger partial charge on any atom is 0.264 e. The van der Waals surface area contributed by atoms with E-state index in [4.69, 9.17) is 0 Å². The van der Waals surface area contributed by atoms with Gasteiger partial charge >= 0.3 is 0 Å². The van der Waals surface area contributed by atoms with Crippen molar-refractivity contribution in [2.45, 2.75) is 213 Å². The molecule has 6 aliphatic rings. The summed E-state index contributed by atoms with van der Waals surface area (Å²) in [7, 11) is 0. The second kappa shape index (κ2) is 17.7. The van der Waals surface area contributed by atoms with Gasteiger partial charge in [0.25, 0.3) is 6.71 Å². The summed E-state index contributed by atoms with van der Waals surface area (Å²) in [6.07, 6.45) is 19.0. The van der Waals surface area contributed by atoms with Crippen LogP contribution in [0.5, 0.6) is 0 Å². The molecule has 13 rings (SSSR count). The van der Waals surface area contributed by atoms with Crippen LogP contribution in [0.2, 0.25) is 0 Å². The van der Waals surface area contributed by atoms with E-state index < -0.39 is 0 Å². The molecule has 2 aliphatic heterocycles. The summed E-state index contributed by atoms with van der Waals surface area (Å²) in [5.41, 5.74) is 28.1. The summed E-state index contributed by atoms with van der Waals surface area (Å²) >= 11 is 2.08. The molecular formula is C75H87BN2S. The first-order valence-electron chi connectivity index (χ1n) is 30.5. The van der Waals surface area contributed by atoms with E-state index in [0.717, 1.165) is 19.3 Å². The Morgan fingerprint density at radius 1 is 0.519 bits per heavy atom. The smallest absolute Gasteiger partial charge is 0.264 e. The van der Waals surface area contributed by atoms with Crippen LogP contribution in [-0.2, 0) is 37.9 Å². The second-order valence-corrected chi connectivity index (χ2v) is 31.5. The molecule has 7 aromatic rings. The maximum absolute atomic E-state index is 2.86. The Balaban J connectivity index is 1.22.